The van der Waals surface area contributed by atoms with Gasteiger partial charge in [0.05, 0.1) is 5.60 Å². The number of piperidine rings is 1. The third-order valence-electron chi connectivity index (χ3n) is 5.45. The number of halogens is 2. The van der Waals surface area contributed by atoms with Gasteiger partial charge in [0, 0.05) is 23.5 Å². The third kappa shape index (κ3) is 4.58. The molecule has 0 aliphatic carbocycles. The lowest BCUT2D eigenvalue weighted by atomic mass is 9.66. The molecule has 0 spiro atoms. The molecule has 5 nitrogen and oxygen atoms in total. The summed E-state index contributed by atoms with van der Waals surface area (Å²) in [4.78, 5) is 26.5. The molecule has 150 valence electrons. The van der Waals surface area contributed by atoms with Crippen LogP contribution >= 0.6 is 23.2 Å². The summed E-state index contributed by atoms with van der Waals surface area (Å²) >= 11 is 11.5. The first-order valence-corrected chi connectivity index (χ1v) is 10.1. The molecule has 1 aliphatic heterocycles. The minimum atomic E-state index is -1.07. The SMILES string of the molecule is CC(C)[C@@H](NC(=O)CCl)C(=O)N1CC[C@](O)(c2ccc(Cl)cc2)C(C)(C)C1. The van der Waals surface area contributed by atoms with E-state index in [2.05, 4.69) is 5.32 Å². The van der Waals surface area contributed by atoms with Crippen LogP contribution in [-0.4, -0.2) is 46.8 Å². The number of hydrogen-bond acceptors (Lipinski definition) is 3. The first-order valence-electron chi connectivity index (χ1n) is 9.14. The molecule has 0 unspecified atom stereocenters. The zero-order valence-corrected chi connectivity index (χ0v) is 17.8. The topological polar surface area (TPSA) is 69.6 Å². The van der Waals surface area contributed by atoms with E-state index in [4.69, 9.17) is 23.2 Å². The summed E-state index contributed by atoms with van der Waals surface area (Å²) in [6.45, 7) is 8.45. The summed E-state index contributed by atoms with van der Waals surface area (Å²) in [7, 11) is 0. The summed E-state index contributed by atoms with van der Waals surface area (Å²) < 4.78 is 0. The van der Waals surface area contributed by atoms with E-state index in [0.29, 0.717) is 24.5 Å². The van der Waals surface area contributed by atoms with Crippen LogP contribution in [-0.2, 0) is 15.2 Å². The van der Waals surface area contributed by atoms with Crippen molar-refractivity contribution in [2.45, 2.75) is 45.8 Å². The lowest BCUT2D eigenvalue weighted by Gasteiger charge is -2.51. The van der Waals surface area contributed by atoms with Crippen molar-refractivity contribution in [1.29, 1.82) is 0 Å². The molecule has 0 aromatic heterocycles. The monoisotopic (exact) mass is 414 g/mol. The molecule has 1 fully saturated rings. The Morgan fingerprint density at radius 2 is 1.85 bits per heavy atom. The molecular formula is C20H28Cl2N2O3. The molecule has 1 aromatic carbocycles. The summed E-state index contributed by atoms with van der Waals surface area (Å²) in [5.74, 6) is -0.754. The zero-order chi connectivity index (χ0) is 20.4. The predicted molar refractivity (Wildman–Crippen MR) is 108 cm³/mol. The molecule has 1 aliphatic rings. The maximum Gasteiger partial charge on any atom is 0.245 e. The van der Waals surface area contributed by atoms with E-state index in [-0.39, 0.29) is 23.6 Å². The van der Waals surface area contributed by atoms with E-state index in [1.54, 1.807) is 17.0 Å². The van der Waals surface area contributed by atoms with Crippen molar-refractivity contribution in [3.63, 3.8) is 0 Å². The number of likely N-dealkylation sites (tertiary alicyclic amines) is 1. The largest absolute Gasteiger partial charge is 0.384 e. The molecule has 7 heteroatoms. The van der Waals surface area contributed by atoms with Gasteiger partial charge >= 0.3 is 0 Å². The average molecular weight is 415 g/mol. The van der Waals surface area contributed by atoms with Gasteiger partial charge < -0.3 is 15.3 Å². The van der Waals surface area contributed by atoms with Crippen LogP contribution in [0, 0.1) is 11.3 Å². The highest BCUT2D eigenvalue weighted by molar-refractivity contribution is 6.30. The van der Waals surface area contributed by atoms with Crippen LogP contribution in [0.4, 0.5) is 0 Å². The molecule has 1 saturated heterocycles. The predicted octanol–water partition coefficient (Wildman–Crippen LogP) is 3.17. The van der Waals surface area contributed by atoms with Crippen molar-refractivity contribution in [3.8, 4) is 0 Å². The van der Waals surface area contributed by atoms with Crippen LogP contribution < -0.4 is 5.32 Å². The Morgan fingerprint density at radius 1 is 1.26 bits per heavy atom. The van der Waals surface area contributed by atoms with Gasteiger partial charge in [-0.15, -0.1) is 11.6 Å². The van der Waals surface area contributed by atoms with Crippen LogP contribution in [0.15, 0.2) is 24.3 Å². The van der Waals surface area contributed by atoms with Gasteiger partial charge in [-0.25, -0.2) is 0 Å². The van der Waals surface area contributed by atoms with Gasteiger partial charge in [0.1, 0.15) is 11.9 Å². The fraction of sp³-hybridized carbons (Fsp3) is 0.600. The van der Waals surface area contributed by atoms with E-state index in [1.807, 2.05) is 39.8 Å². The number of aliphatic hydroxyl groups is 1. The van der Waals surface area contributed by atoms with E-state index in [0.717, 1.165) is 5.56 Å². The zero-order valence-electron chi connectivity index (χ0n) is 16.3. The molecule has 1 aromatic rings. The van der Waals surface area contributed by atoms with E-state index in [9.17, 15) is 14.7 Å². The van der Waals surface area contributed by atoms with Crippen LogP contribution in [0.1, 0.15) is 39.7 Å². The number of carbonyl (C=O) groups excluding carboxylic acids is 2. The number of nitrogens with zero attached hydrogens (tertiary/aromatic N) is 1. The average Bonchev–Trinajstić information content (AvgIpc) is 2.61. The maximum absolute atomic E-state index is 13.0. The number of benzene rings is 1. The van der Waals surface area contributed by atoms with Crippen molar-refractivity contribution < 1.29 is 14.7 Å². The first-order chi connectivity index (χ1) is 12.5. The second-order valence-corrected chi connectivity index (χ2v) is 8.89. The van der Waals surface area contributed by atoms with Crippen LogP contribution in [0.25, 0.3) is 0 Å². The fourth-order valence-corrected chi connectivity index (χ4v) is 3.90. The molecule has 1 heterocycles. The second kappa shape index (κ2) is 8.38. The molecule has 2 amide bonds. The highest BCUT2D eigenvalue weighted by Gasteiger charge is 2.50. The lowest BCUT2D eigenvalue weighted by molar-refractivity contribution is -0.156. The second-order valence-electron chi connectivity index (χ2n) is 8.18. The molecular weight excluding hydrogens is 387 g/mol. The minimum absolute atomic E-state index is 0.0649. The van der Waals surface area contributed by atoms with Crippen molar-refractivity contribution in [3.05, 3.63) is 34.9 Å². The summed E-state index contributed by atoms with van der Waals surface area (Å²) in [5, 5.41) is 14.7. The van der Waals surface area contributed by atoms with Gasteiger partial charge in [-0.3, -0.25) is 9.59 Å². The van der Waals surface area contributed by atoms with Crippen molar-refractivity contribution in [1.82, 2.24) is 10.2 Å². The molecule has 0 radical (unpaired) electrons. The van der Waals surface area contributed by atoms with E-state index < -0.39 is 17.1 Å². The van der Waals surface area contributed by atoms with Gasteiger partial charge in [-0.1, -0.05) is 51.4 Å². The van der Waals surface area contributed by atoms with Crippen LogP contribution in [0.5, 0.6) is 0 Å². The van der Waals surface area contributed by atoms with Crippen LogP contribution in [0.3, 0.4) is 0 Å². The Labute approximate surface area is 171 Å². The van der Waals surface area contributed by atoms with Gasteiger partial charge in [-0.2, -0.15) is 0 Å². The Balaban J connectivity index is 2.21. The molecule has 2 rings (SSSR count). The highest BCUT2D eigenvalue weighted by atomic mass is 35.5. The van der Waals surface area contributed by atoms with E-state index in [1.165, 1.54) is 0 Å². The molecule has 0 saturated carbocycles. The third-order valence-corrected chi connectivity index (χ3v) is 5.95. The molecule has 27 heavy (non-hydrogen) atoms. The molecule has 0 bridgehead atoms. The van der Waals surface area contributed by atoms with Gasteiger partial charge in [0.2, 0.25) is 11.8 Å². The maximum atomic E-state index is 13.0. The Bertz CT molecular complexity index is 691. The lowest BCUT2D eigenvalue weighted by Crippen LogP contribution is -2.60. The van der Waals surface area contributed by atoms with Crippen molar-refractivity contribution in [2.75, 3.05) is 19.0 Å². The summed E-state index contributed by atoms with van der Waals surface area (Å²) in [6.07, 6.45) is 0.404. The summed E-state index contributed by atoms with van der Waals surface area (Å²) in [5.41, 5.74) is -0.853. The summed E-state index contributed by atoms with van der Waals surface area (Å²) in [6, 6.07) is 6.56. The quantitative estimate of drug-likeness (QED) is 0.726. The number of alkyl halides is 1. The number of carbonyl (C=O) groups is 2. The first kappa shape index (κ1) is 22.0. The molecule has 2 N–H and O–H groups in total. The molecule has 2 atom stereocenters. The van der Waals surface area contributed by atoms with Crippen LogP contribution in [0.2, 0.25) is 5.02 Å². The number of hydrogen-bond donors (Lipinski definition) is 2. The normalized spacial score (nSPS) is 23.2. The van der Waals surface area contributed by atoms with E-state index >= 15 is 0 Å². The minimum Gasteiger partial charge on any atom is -0.384 e. The Hall–Kier alpha value is -1.30. The van der Waals surface area contributed by atoms with Crippen molar-refractivity contribution in [2.24, 2.45) is 11.3 Å². The smallest absolute Gasteiger partial charge is 0.245 e. The fourth-order valence-electron chi connectivity index (χ4n) is 3.69. The van der Waals surface area contributed by atoms with Gasteiger partial charge in [0.15, 0.2) is 0 Å². The number of rotatable bonds is 5. The Kier molecular flexibility index (Phi) is 6.82. The van der Waals surface area contributed by atoms with Gasteiger partial charge in [0.25, 0.3) is 0 Å². The van der Waals surface area contributed by atoms with Gasteiger partial charge in [-0.05, 0) is 30.0 Å². The highest BCUT2D eigenvalue weighted by Crippen LogP contribution is 2.46. The Morgan fingerprint density at radius 3 is 2.33 bits per heavy atom. The number of amides is 2. The standard InChI is InChI=1S/C20H28Cl2N2O3/c1-13(2)17(23-16(25)11-21)18(26)24-10-9-20(27,19(3,4)12-24)14-5-7-15(22)8-6-14/h5-8,13,17,27H,9-12H2,1-4H3,(H,23,25)/t17-,20+/m1/s1. The number of nitrogens with one attached hydrogen (secondary N) is 1. The van der Waals surface area contributed by atoms with Crippen molar-refractivity contribution >= 4 is 35.0 Å².